The standard InChI is InChI=1S/C15H16ClNO2S/c1-2-8-5-10(11(6-8)15(18)19)14-17-12-4-3-9(16)7-13(12)20-14/h3-4,7-8,10-11H,2,5-6H2,1H3,(H,18,19). The average Bonchev–Trinajstić information content (AvgIpc) is 3.00. The van der Waals surface area contributed by atoms with Crippen molar-refractivity contribution in [3.05, 3.63) is 28.2 Å². The summed E-state index contributed by atoms with van der Waals surface area (Å²) in [6.45, 7) is 2.13. The van der Waals surface area contributed by atoms with Gasteiger partial charge in [0.25, 0.3) is 0 Å². The molecule has 1 aromatic carbocycles. The number of carboxylic acids is 1. The monoisotopic (exact) mass is 309 g/mol. The molecule has 1 aliphatic carbocycles. The van der Waals surface area contributed by atoms with Gasteiger partial charge in [0.1, 0.15) is 0 Å². The maximum Gasteiger partial charge on any atom is 0.307 e. The zero-order valence-electron chi connectivity index (χ0n) is 11.2. The fraction of sp³-hybridized carbons (Fsp3) is 0.467. The number of hydrogen-bond acceptors (Lipinski definition) is 3. The van der Waals surface area contributed by atoms with E-state index in [4.69, 9.17) is 11.6 Å². The number of carboxylic acid groups (broad SMARTS) is 1. The summed E-state index contributed by atoms with van der Waals surface area (Å²) >= 11 is 7.58. The minimum Gasteiger partial charge on any atom is -0.481 e. The second-order valence-corrected chi connectivity index (χ2v) is 6.96. The summed E-state index contributed by atoms with van der Waals surface area (Å²) in [6, 6.07) is 5.63. The van der Waals surface area contributed by atoms with Crippen LogP contribution in [0.1, 0.15) is 37.1 Å². The molecule has 5 heteroatoms. The second kappa shape index (κ2) is 5.34. The van der Waals surface area contributed by atoms with Gasteiger partial charge in [-0.05, 0) is 37.0 Å². The Morgan fingerprint density at radius 2 is 2.30 bits per heavy atom. The highest BCUT2D eigenvalue weighted by molar-refractivity contribution is 7.18. The van der Waals surface area contributed by atoms with Crippen LogP contribution in [0.5, 0.6) is 0 Å². The first-order valence-electron chi connectivity index (χ1n) is 6.87. The van der Waals surface area contributed by atoms with E-state index in [2.05, 4.69) is 11.9 Å². The number of rotatable bonds is 3. The molecule has 3 atom stereocenters. The Morgan fingerprint density at radius 3 is 3.00 bits per heavy atom. The molecule has 0 radical (unpaired) electrons. The smallest absolute Gasteiger partial charge is 0.307 e. The normalized spacial score (nSPS) is 26.2. The van der Waals surface area contributed by atoms with Crippen molar-refractivity contribution >= 4 is 39.1 Å². The summed E-state index contributed by atoms with van der Waals surface area (Å²) in [5, 5.41) is 11.1. The van der Waals surface area contributed by atoms with Gasteiger partial charge < -0.3 is 5.11 Å². The second-order valence-electron chi connectivity index (χ2n) is 5.46. The van der Waals surface area contributed by atoms with Crippen LogP contribution in [0.15, 0.2) is 18.2 Å². The van der Waals surface area contributed by atoms with E-state index < -0.39 is 5.97 Å². The molecule has 1 saturated carbocycles. The number of aromatic nitrogens is 1. The predicted molar refractivity (Wildman–Crippen MR) is 81.5 cm³/mol. The van der Waals surface area contributed by atoms with Crippen LogP contribution in [0, 0.1) is 11.8 Å². The molecular formula is C15H16ClNO2S. The number of hydrogen-bond donors (Lipinski definition) is 1. The molecule has 0 spiro atoms. The molecule has 1 N–H and O–H groups in total. The van der Waals surface area contributed by atoms with Crippen LogP contribution >= 0.6 is 22.9 Å². The summed E-state index contributed by atoms with van der Waals surface area (Å²) in [5.41, 5.74) is 0.915. The maximum absolute atomic E-state index is 11.5. The molecule has 0 saturated heterocycles. The van der Waals surface area contributed by atoms with Crippen molar-refractivity contribution in [2.24, 2.45) is 11.8 Å². The summed E-state index contributed by atoms with van der Waals surface area (Å²) in [7, 11) is 0. The summed E-state index contributed by atoms with van der Waals surface area (Å²) in [5.74, 6) is -0.440. The fourth-order valence-corrected chi connectivity index (χ4v) is 4.52. The van der Waals surface area contributed by atoms with E-state index in [1.807, 2.05) is 18.2 Å². The number of benzene rings is 1. The first-order chi connectivity index (χ1) is 9.58. The molecule has 106 valence electrons. The lowest BCUT2D eigenvalue weighted by Gasteiger charge is -2.11. The Morgan fingerprint density at radius 1 is 1.50 bits per heavy atom. The lowest BCUT2D eigenvalue weighted by molar-refractivity contribution is -0.142. The maximum atomic E-state index is 11.5. The molecule has 1 heterocycles. The van der Waals surface area contributed by atoms with Crippen LogP contribution in [0.2, 0.25) is 5.02 Å². The van der Waals surface area contributed by atoms with E-state index in [9.17, 15) is 9.90 Å². The van der Waals surface area contributed by atoms with Crippen molar-refractivity contribution in [3.63, 3.8) is 0 Å². The van der Waals surface area contributed by atoms with Gasteiger partial charge in [0, 0.05) is 10.9 Å². The van der Waals surface area contributed by atoms with E-state index in [-0.39, 0.29) is 11.8 Å². The summed E-state index contributed by atoms with van der Waals surface area (Å²) in [4.78, 5) is 16.1. The Hall–Kier alpha value is -1.13. The van der Waals surface area contributed by atoms with Gasteiger partial charge >= 0.3 is 5.97 Å². The van der Waals surface area contributed by atoms with E-state index >= 15 is 0 Å². The predicted octanol–water partition coefficient (Wildman–Crippen LogP) is 4.55. The fourth-order valence-electron chi connectivity index (χ4n) is 3.10. The van der Waals surface area contributed by atoms with Gasteiger partial charge in [-0.1, -0.05) is 24.9 Å². The zero-order chi connectivity index (χ0) is 14.3. The molecule has 2 aromatic rings. The molecule has 3 nitrogen and oxygen atoms in total. The molecule has 20 heavy (non-hydrogen) atoms. The average molecular weight is 310 g/mol. The zero-order valence-corrected chi connectivity index (χ0v) is 12.7. The summed E-state index contributed by atoms with van der Waals surface area (Å²) < 4.78 is 1.04. The van der Waals surface area contributed by atoms with Gasteiger partial charge in [-0.25, -0.2) is 4.98 Å². The summed E-state index contributed by atoms with van der Waals surface area (Å²) in [6.07, 6.45) is 2.74. The molecular weight excluding hydrogens is 294 g/mol. The minimum absolute atomic E-state index is 0.0497. The minimum atomic E-state index is -0.691. The molecule has 0 amide bonds. The van der Waals surface area contributed by atoms with E-state index in [1.165, 1.54) is 0 Å². The Balaban J connectivity index is 1.98. The van der Waals surface area contributed by atoms with Crippen LogP contribution in [0.25, 0.3) is 10.2 Å². The van der Waals surface area contributed by atoms with Crippen LogP contribution in [0.3, 0.4) is 0 Å². The lowest BCUT2D eigenvalue weighted by Crippen LogP contribution is -2.16. The third-order valence-corrected chi connectivity index (χ3v) is 5.62. The van der Waals surface area contributed by atoms with Gasteiger partial charge in [-0.2, -0.15) is 0 Å². The molecule has 1 aromatic heterocycles. The van der Waals surface area contributed by atoms with Crippen LogP contribution in [0.4, 0.5) is 0 Å². The quantitative estimate of drug-likeness (QED) is 0.904. The molecule has 0 bridgehead atoms. The van der Waals surface area contributed by atoms with Crippen molar-refractivity contribution in [3.8, 4) is 0 Å². The van der Waals surface area contributed by atoms with Crippen molar-refractivity contribution in [1.29, 1.82) is 0 Å². The van der Waals surface area contributed by atoms with E-state index in [1.54, 1.807) is 11.3 Å². The van der Waals surface area contributed by atoms with Gasteiger partial charge in [0.15, 0.2) is 0 Å². The highest BCUT2D eigenvalue weighted by atomic mass is 35.5. The van der Waals surface area contributed by atoms with Crippen molar-refractivity contribution in [1.82, 2.24) is 4.98 Å². The highest BCUT2D eigenvalue weighted by Gasteiger charge is 2.40. The van der Waals surface area contributed by atoms with Crippen LogP contribution in [-0.2, 0) is 4.79 Å². The molecule has 3 unspecified atom stereocenters. The van der Waals surface area contributed by atoms with Crippen molar-refractivity contribution in [2.45, 2.75) is 32.1 Å². The van der Waals surface area contributed by atoms with Gasteiger partial charge in [-0.3, -0.25) is 4.79 Å². The number of thiazole rings is 1. The van der Waals surface area contributed by atoms with Gasteiger partial charge in [0.05, 0.1) is 21.1 Å². The topological polar surface area (TPSA) is 50.2 Å². The SMILES string of the molecule is CCC1CC(C(=O)O)C(c2nc3ccc(Cl)cc3s2)C1. The molecule has 1 fully saturated rings. The van der Waals surface area contributed by atoms with Crippen molar-refractivity contribution in [2.75, 3.05) is 0 Å². The first-order valence-corrected chi connectivity index (χ1v) is 8.06. The van der Waals surface area contributed by atoms with Crippen molar-refractivity contribution < 1.29 is 9.90 Å². The molecule has 1 aliphatic rings. The number of aliphatic carboxylic acids is 1. The number of halogens is 1. The Kier molecular flexibility index (Phi) is 3.69. The van der Waals surface area contributed by atoms with Crippen LogP contribution < -0.4 is 0 Å². The third kappa shape index (κ3) is 2.42. The number of fused-ring (bicyclic) bond motifs is 1. The van der Waals surface area contributed by atoms with Gasteiger partial charge in [-0.15, -0.1) is 11.3 Å². The lowest BCUT2D eigenvalue weighted by atomic mass is 9.97. The number of carbonyl (C=O) groups is 1. The first kappa shape index (κ1) is 13.8. The van der Waals surface area contributed by atoms with Gasteiger partial charge in [0.2, 0.25) is 0 Å². The van der Waals surface area contributed by atoms with E-state index in [0.29, 0.717) is 10.9 Å². The largest absolute Gasteiger partial charge is 0.481 e. The van der Waals surface area contributed by atoms with Crippen LogP contribution in [-0.4, -0.2) is 16.1 Å². The Bertz CT molecular complexity index is 654. The third-order valence-electron chi connectivity index (χ3n) is 4.24. The molecule has 3 rings (SSSR count). The highest BCUT2D eigenvalue weighted by Crippen LogP contribution is 2.46. The number of nitrogens with zero attached hydrogens (tertiary/aromatic N) is 1. The molecule has 0 aliphatic heterocycles. The Labute approximate surface area is 126 Å². The van der Waals surface area contributed by atoms with E-state index in [0.717, 1.165) is 34.5 Å².